The first-order chi connectivity index (χ1) is 13.0. The van der Waals surface area contributed by atoms with Crippen molar-refractivity contribution < 1.29 is 4.79 Å². The predicted octanol–water partition coefficient (Wildman–Crippen LogP) is 3.48. The molecule has 0 fully saturated rings. The van der Waals surface area contributed by atoms with E-state index >= 15 is 0 Å². The largest absolute Gasteiger partial charge is 0.322 e. The Labute approximate surface area is 170 Å². The highest BCUT2D eigenvalue weighted by atomic mass is 35.5. The first-order valence-corrected chi connectivity index (χ1v) is 8.84. The summed E-state index contributed by atoms with van der Waals surface area (Å²) in [5, 5.41) is 14.4. The molecule has 28 heavy (non-hydrogen) atoms. The van der Waals surface area contributed by atoms with Crippen LogP contribution < -0.4 is 5.32 Å². The van der Waals surface area contributed by atoms with Gasteiger partial charge >= 0.3 is 6.03 Å². The SMILES string of the molecule is Cc1nnnn1-c1ccc(NC(=O)N(Cc2ccccn2)CC(C)C)cc1.Cl. The van der Waals surface area contributed by atoms with E-state index in [1.54, 1.807) is 15.8 Å². The summed E-state index contributed by atoms with van der Waals surface area (Å²) in [6.07, 6.45) is 1.74. The molecule has 2 heterocycles. The molecule has 9 heteroatoms. The molecule has 148 valence electrons. The number of aryl methyl sites for hydroxylation is 1. The molecular weight excluding hydrogens is 378 g/mol. The Kier molecular flexibility index (Phi) is 7.45. The second-order valence-corrected chi connectivity index (χ2v) is 6.71. The van der Waals surface area contributed by atoms with Crippen LogP contribution in [0.1, 0.15) is 25.4 Å². The van der Waals surface area contributed by atoms with E-state index in [4.69, 9.17) is 0 Å². The van der Waals surface area contributed by atoms with Crippen molar-refractivity contribution in [1.29, 1.82) is 0 Å². The number of hydrogen-bond acceptors (Lipinski definition) is 5. The van der Waals surface area contributed by atoms with Crippen LogP contribution in [0.3, 0.4) is 0 Å². The summed E-state index contributed by atoms with van der Waals surface area (Å²) in [5.74, 6) is 1.05. The van der Waals surface area contributed by atoms with Crippen molar-refractivity contribution in [3.63, 3.8) is 0 Å². The Bertz CT molecular complexity index is 881. The number of carbonyl (C=O) groups is 1. The molecule has 8 nitrogen and oxygen atoms in total. The number of carbonyl (C=O) groups excluding carboxylic acids is 1. The Morgan fingerprint density at radius 3 is 2.50 bits per heavy atom. The van der Waals surface area contributed by atoms with E-state index in [-0.39, 0.29) is 18.4 Å². The molecule has 1 aromatic carbocycles. The van der Waals surface area contributed by atoms with Crippen LogP contribution in [0.25, 0.3) is 5.69 Å². The molecular formula is C19H24ClN7O. The third-order valence-corrected chi connectivity index (χ3v) is 3.94. The molecule has 2 amide bonds. The monoisotopic (exact) mass is 401 g/mol. The third-order valence-electron chi connectivity index (χ3n) is 3.94. The maximum atomic E-state index is 12.8. The van der Waals surface area contributed by atoms with Gasteiger partial charge in [-0.25, -0.2) is 4.79 Å². The quantitative estimate of drug-likeness (QED) is 0.683. The highest BCUT2D eigenvalue weighted by molar-refractivity contribution is 5.89. The summed E-state index contributed by atoms with van der Waals surface area (Å²) < 4.78 is 1.64. The molecule has 3 aromatic rings. The van der Waals surface area contributed by atoms with Crippen LogP contribution in [0.15, 0.2) is 48.7 Å². The minimum absolute atomic E-state index is 0. The lowest BCUT2D eigenvalue weighted by Crippen LogP contribution is -2.37. The van der Waals surface area contributed by atoms with Gasteiger partial charge in [0.2, 0.25) is 0 Å². The van der Waals surface area contributed by atoms with Gasteiger partial charge in [-0.05, 0) is 59.7 Å². The highest BCUT2D eigenvalue weighted by Gasteiger charge is 2.16. The number of nitrogens with one attached hydrogen (secondary N) is 1. The maximum Gasteiger partial charge on any atom is 0.322 e. The van der Waals surface area contributed by atoms with E-state index in [9.17, 15) is 4.79 Å². The van der Waals surface area contributed by atoms with Crippen molar-refractivity contribution >= 4 is 24.1 Å². The Morgan fingerprint density at radius 2 is 1.93 bits per heavy atom. The summed E-state index contributed by atoms with van der Waals surface area (Å²) >= 11 is 0. The van der Waals surface area contributed by atoms with Crippen LogP contribution in [0, 0.1) is 12.8 Å². The summed E-state index contributed by atoms with van der Waals surface area (Å²) in [6, 6.07) is 13.0. The lowest BCUT2D eigenvalue weighted by molar-refractivity contribution is 0.201. The zero-order valence-electron chi connectivity index (χ0n) is 16.1. The second kappa shape index (κ2) is 9.80. The smallest absolute Gasteiger partial charge is 0.318 e. The van der Waals surface area contributed by atoms with Crippen LogP contribution >= 0.6 is 12.4 Å². The number of hydrogen-bond donors (Lipinski definition) is 1. The van der Waals surface area contributed by atoms with Gasteiger partial charge in [0, 0.05) is 18.4 Å². The fraction of sp³-hybridized carbons (Fsp3) is 0.316. The number of anilines is 1. The Balaban J connectivity index is 0.00000280. The average Bonchev–Trinajstić information content (AvgIpc) is 3.08. The standard InChI is InChI=1S/C19H23N7O.ClH/c1-14(2)12-25(13-17-6-4-5-11-20-17)19(27)21-16-7-9-18(10-8-16)26-15(3)22-23-24-26;/h4-11,14H,12-13H2,1-3H3,(H,21,27);1H. The summed E-state index contributed by atoms with van der Waals surface area (Å²) in [6.45, 7) is 7.11. The van der Waals surface area contributed by atoms with Crippen molar-refractivity contribution in [3.8, 4) is 5.69 Å². The lowest BCUT2D eigenvalue weighted by atomic mass is 10.2. The van der Waals surface area contributed by atoms with Crippen molar-refractivity contribution in [2.75, 3.05) is 11.9 Å². The predicted molar refractivity (Wildman–Crippen MR) is 110 cm³/mol. The number of rotatable bonds is 6. The number of nitrogens with zero attached hydrogens (tertiary/aromatic N) is 6. The van der Waals surface area contributed by atoms with Gasteiger partial charge in [0.15, 0.2) is 5.82 Å². The molecule has 3 rings (SSSR count). The topological polar surface area (TPSA) is 88.8 Å². The molecule has 1 N–H and O–H groups in total. The minimum Gasteiger partial charge on any atom is -0.318 e. The van der Waals surface area contributed by atoms with Gasteiger partial charge in [0.05, 0.1) is 17.9 Å². The summed E-state index contributed by atoms with van der Waals surface area (Å²) in [4.78, 5) is 18.9. The molecule has 0 saturated heterocycles. The number of aromatic nitrogens is 5. The first kappa shape index (κ1) is 21.3. The number of benzene rings is 1. The van der Waals surface area contributed by atoms with Crippen molar-refractivity contribution in [3.05, 3.63) is 60.2 Å². The van der Waals surface area contributed by atoms with Gasteiger partial charge < -0.3 is 10.2 Å². The average molecular weight is 402 g/mol. The van der Waals surface area contributed by atoms with E-state index in [0.29, 0.717) is 30.5 Å². The van der Waals surface area contributed by atoms with Crippen molar-refractivity contribution in [1.82, 2.24) is 30.1 Å². The van der Waals surface area contributed by atoms with Crippen molar-refractivity contribution in [2.45, 2.75) is 27.3 Å². The Morgan fingerprint density at radius 1 is 1.18 bits per heavy atom. The van der Waals surface area contributed by atoms with Crippen molar-refractivity contribution in [2.24, 2.45) is 5.92 Å². The highest BCUT2D eigenvalue weighted by Crippen LogP contribution is 2.15. The van der Waals surface area contributed by atoms with Gasteiger partial charge in [-0.15, -0.1) is 17.5 Å². The molecule has 0 spiro atoms. The minimum atomic E-state index is -0.152. The lowest BCUT2D eigenvalue weighted by Gasteiger charge is -2.24. The molecule has 0 bridgehead atoms. The number of halogens is 1. The van der Waals surface area contributed by atoms with E-state index < -0.39 is 0 Å². The van der Waals surface area contributed by atoms with Gasteiger partial charge in [-0.1, -0.05) is 19.9 Å². The van der Waals surface area contributed by atoms with Crippen LogP contribution in [0.5, 0.6) is 0 Å². The molecule has 2 aromatic heterocycles. The van der Waals surface area contributed by atoms with Gasteiger partial charge in [-0.3, -0.25) is 4.98 Å². The first-order valence-electron chi connectivity index (χ1n) is 8.84. The number of amides is 2. The van der Waals surface area contributed by atoms with E-state index in [0.717, 1.165) is 11.4 Å². The van der Waals surface area contributed by atoms with E-state index in [1.807, 2.05) is 49.4 Å². The zero-order chi connectivity index (χ0) is 19.2. The number of pyridine rings is 1. The van der Waals surface area contributed by atoms with E-state index in [2.05, 4.69) is 39.7 Å². The van der Waals surface area contributed by atoms with Crippen LogP contribution in [-0.4, -0.2) is 42.7 Å². The van der Waals surface area contributed by atoms with Gasteiger partial charge in [-0.2, -0.15) is 4.68 Å². The van der Waals surface area contributed by atoms with E-state index in [1.165, 1.54) is 0 Å². The molecule has 0 radical (unpaired) electrons. The third kappa shape index (κ3) is 5.50. The molecule has 0 aliphatic heterocycles. The summed E-state index contributed by atoms with van der Waals surface area (Å²) in [7, 11) is 0. The fourth-order valence-corrected chi connectivity index (χ4v) is 2.71. The molecule has 0 unspecified atom stereocenters. The molecule has 0 aliphatic rings. The molecule has 0 aliphatic carbocycles. The normalized spacial score (nSPS) is 10.4. The number of urea groups is 1. The number of tetrazole rings is 1. The van der Waals surface area contributed by atoms with Gasteiger partial charge in [0.25, 0.3) is 0 Å². The fourth-order valence-electron chi connectivity index (χ4n) is 2.71. The second-order valence-electron chi connectivity index (χ2n) is 6.71. The molecule has 0 atom stereocenters. The van der Waals surface area contributed by atoms with Crippen LogP contribution in [0.4, 0.5) is 10.5 Å². The van der Waals surface area contributed by atoms with Gasteiger partial charge in [0.1, 0.15) is 0 Å². The van der Waals surface area contributed by atoms with Crippen LogP contribution in [-0.2, 0) is 6.54 Å². The zero-order valence-corrected chi connectivity index (χ0v) is 16.9. The maximum absolute atomic E-state index is 12.8. The van der Waals surface area contributed by atoms with Crippen LogP contribution in [0.2, 0.25) is 0 Å². The molecule has 0 saturated carbocycles. The summed E-state index contributed by atoms with van der Waals surface area (Å²) in [5.41, 5.74) is 2.41. The Hall–Kier alpha value is -3.00.